The van der Waals surface area contributed by atoms with Crippen molar-refractivity contribution >= 4 is 28.3 Å². The highest BCUT2D eigenvalue weighted by Crippen LogP contribution is 2.30. The molecule has 2 aromatic rings. The normalized spacial score (nSPS) is 16.2. The van der Waals surface area contributed by atoms with Crippen LogP contribution in [-0.4, -0.2) is 48.6 Å². The average molecular weight is 350 g/mol. The van der Waals surface area contributed by atoms with Crippen LogP contribution in [0.25, 0.3) is 10.8 Å². The molecule has 1 aliphatic heterocycles. The maximum atomic E-state index is 11.8. The first-order valence-electron chi connectivity index (χ1n) is 7.97. The van der Waals surface area contributed by atoms with E-state index in [1.54, 1.807) is 19.3 Å². The van der Waals surface area contributed by atoms with Gasteiger partial charge < -0.3 is 15.0 Å². The zero-order chi connectivity index (χ0) is 17.1. The number of piperidine rings is 1. The predicted molar refractivity (Wildman–Crippen MR) is 93.7 cm³/mol. The Balaban J connectivity index is 1.67. The van der Waals surface area contributed by atoms with E-state index >= 15 is 0 Å². The summed E-state index contributed by atoms with van der Waals surface area (Å²) in [7, 11) is 1.64. The molecule has 0 saturated carbocycles. The van der Waals surface area contributed by atoms with Crippen LogP contribution in [0, 0.1) is 0 Å². The van der Waals surface area contributed by atoms with Crippen molar-refractivity contribution in [2.24, 2.45) is 0 Å². The fourth-order valence-electron chi connectivity index (χ4n) is 2.93. The van der Waals surface area contributed by atoms with Gasteiger partial charge in [0.25, 0.3) is 5.56 Å². The number of likely N-dealkylation sites (tertiary alicyclic amines) is 1. The number of H-pyrrole nitrogens is 1. The number of carbonyl (C=O) groups excluding carboxylic acids is 1. The lowest BCUT2D eigenvalue weighted by Gasteiger charge is -2.31. The minimum absolute atomic E-state index is 0.0252. The monoisotopic (exact) mass is 349 g/mol. The summed E-state index contributed by atoms with van der Waals surface area (Å²) in [4.78, 5) is 28.0. The van der Waals surface area contributed by atoms with Gasteiger partial charge >= 0.3 is 0 Å². The number of fused-ring (bicyclic) bond motifs is 1. The van der Waals surface area contributed by atoms with Crippen LogP contribution >= 0.6 is 11.6 Å². The van der Waals surface area contributed by atoms with Crippen LogP contribution in [0.3, 0.4) is 0 Å². The molecule has 0 unspecified atom stereocenters. The van der Waals surface area contributed by atoms with E-state index in [0.717, 1.165) is 31.3 Å². The summed E-state index contributed by atoms with van der Waals surface area (Å²) < 4.78 is 6.04. The van der Waals surface area contributed by atoms with Gasteiger partial charge in [-0.05, 0) is 36.4 Å². The van der Waals surface area contributed by atoms with E-state index in [0.29, 0.717) is 22.7 Å². The molecule has 6 nitrogen and oxygen atoms in total. The van der Waals surface area contributed by atoms with E-state index in [4.69, 9.17) is 16.3 Å². The van der Waals surface area contributed by atoms with Crippen LogP contribution < -0.4 is 15.6 Å². The molecular weight excluding hydrogens is 330 g/mol. The van der Waals surface area contributed by atoms with Crippen LogP contribution in [0.5, 0.6) is 5.75 Å². The van der Waals surface area contributed by atoms with Gasteiger partial charge in [0.2, 0.25) is 5.91 Å². The van der Waals surface area contributed by atoms with Gasteiger partial charge in [-0.2, -0.15) is 0 Å². The molecule has 0 spiro atoms. The van der Waals surface area contributed by atoms with E-state index < -0.39 is 0 Å². The van der Waals surface area contributed by atoms with Crippen LogP contribution in [0.15, 0.2) is 29.2 Å². The van der Waals surface area contributed by atoms with Gasteiger partial charge in [0.05, 0.1) is 11.6 Å². The number of pyridine rings is 1. The highest BCUT2D eigenvalue weighted by atomic mass is 35.5. The van der Waals surface area contributed by atoms with E-state index in [2.05, 4.69) is 15.2 Å². The van der Waals surface area contributed by atoms with E-state index in [9.17, 15) is 9.59 Å². The van der Waals surface area contributed by atoms with Crippen LogP contribution in [0.1, 0.15) is 12.8 Å². The summed E-state index contributed by atoms with van der Waals surface area (Å²) in [5.74, 6) is 0.622. The SMILES string of the molecule is CNC(=O)CN1CCC(Oc2cc3cc[nH]c(=O)c3cc2Cl)CC1. The molecule has 0 atom stereocenters. The number of carbonyl (C=O) groups is 1. The number of benzene rings is 1. The predicted octanol–water partition coefficient (Wildman–Crippen LogP) is 1.77. The fraction of sp³-hybridized carbons (Fsp3) is 0.412. The topological polar surface area (TPSA) is 74.4 Å². The summed E-state index contributed by atoms with van der Waals surface area (Å²) in [6.45, 7) is 2.04. The van der Waals surface area contributed by atoms with Crippen LogP contribution in [-0.2, 0) is 4.79 Å². The molecule has 0 aliphatic carbocycles. The van der Waals surface area contributed by atoms with E-state index in [1.165, 1.54) is 0 Å². The number of aromatic nitrogens is 1. The molecule has 1 aromatic heterocycles. The van der Waals surface area contributed by atoms with Crippen molar-refractivity contribution < 1.29 is 9.53 Å². The lowest BCUT2D eigenvalue weighted by molar-refractivity contribution is -0.122. The highest BCUT2D eigenvalue weighted by Gasteiger charge is 2.22. The second-order valence-electron chi connectivity index (χ2n) is 5.94. The molecule has 7 heteroatoms. The maximum absolute atomic E-state index is 11.8. The Morgan fingerprint density at radius 2 is 2.17 bits per heavy atom. The Hall–Kier alpha value is -2.05. The van der Waals surface area contributed by atoms with E-state index in [-0.39, 0.29) is 17.6 Å². The molecule has 0 bridgehead atoms. The van der Waals surface area contributed by atoms with Gasteiger partial charge in [0.15, 0.2) is 0 Å². The highest BCUT2D eigenvalue weighted by molar-refractivity contribution is 6.32. The summed E-state index contributed by atoms with van der Waals surface area (Å²) in [6, 6.07) is 5.28. The molecule has 1 aromatic carbocycles. The molecule has 1 amide bonds. The third kappa shape index (κ3) is 3.71. The number of halogens is 1. The van der Waals surface area contributed by atoms with Crippen molar-refractivity contribution in [3.05, 3.63) is 39.8 Å². The zero-order valence-electron chi connectivity index (χ0n) is 13.5. The number of amides is 1. The number of likely N-dealkylation sites (N-methyl/N-ethyl adjacent to an activating group) is 1. The van der Waals surface area contributed by atoms with Crippen molar-refractivity contribution in [3.8, 4) is 5.75 Å². The number of rotatable bonds is 4. The number of nitrogens with zero attached hydrogens (tertiary/aromatic N) is 1. The molecule has 1 saturated heterocycles. The second-order valence-corrected chi connectivity index (χ2v) is 6.35. The third-order valence-electron chi connectivity index (χ3n) is 4.30. The molecule has 128 valence electrons. The lowest BCUT2D eigenvalue weighted by atomic mass is 10.1. The maximum Gasteiger partial charge on any atom is 0.255 e. The number of nitrogens with one attached hydrogen (secondary N) is 2. The Morgan fingerprint density at radius 3 is 2.88 bits per heavy atom. The molecule has 3 rings (SSSR count). The molecule has 1 fully saturated rings. The number of hydrogen-bond acceptors (Lipinski definition) is 4. The number of ether oxygens (including phenoxy) is 1. The quantitative estimate of drug-likeness (QED) is 0.882. The fourth-order valence-corrected chi connectivity index (χ4v) is 3.13. The number of aromatic amines is 1. The van der Waals surface area contributed by atoms with Crippen LogP contribution in [0.4, 0.5) is 0 Å². The zero-order valence-corrected chi connectivity index (χ0v) is 14.2. The molecular formula is C17H20ClN3O3. The smallest absolute Gasteiger partial charge is 0.255 e. The second kappa shape index (κ2) is 7.23. The van der Waals surface area contributed by atoms with Gasteiger partial charge in [0, 0.05) is 31.7 Å². The van der Waals surface area contributed by atoms with Gasteiger partial charge in [-0.25, -0.2) is 0 Å². The summed E-state index contributed by atoms with van der Waals surface area (Å²) >= 11 is 6.27. The summed E-state index contributed by atoms with van der Waals surface area (Å²) in [5.41, 5.74) is -0.163. The first-order valence-corrected chi connectivity index (χ1v) is 8.35. The molecule has 24 heavy (non-hydrogen) atoms. The Bertz CT molecular complexity index is 797. The summed E-state index contributed by atoms with van der Waals surface area (Å²) in [5, 5.41) is 4.42. The van der Waals surface area contributed by atoms with Crippen molar-refractivity contribution in [3.63, 3.8) is 0 Å². The molecule has 1 aliphatic rings. The van der Waals surface area contributed by atoms with E-state index in [1.807, 2.05) is 12.1 Å². The summed E-state index contributed by atoms with van der Waals surface area (Å²) in [6.07, 6.45) is 3.34. The molecule has 2 heterocycles. The third-order valence-corrected chi connectivity index (χ3v) is 4.60. The van der Waals surface area contributed by atoms with Crippen LogP contribution in [0.2, 0.25) is 5.02 Å². The minimum atomic E-state index is -0.163. The molecule has 0 radical (unpaired) electrons. The van der Waals surface area contributed by atoms with Crippen molar-refractivity contribution in [2.75, 3.05) is 26.7 Å². The van der Waals surface area contributed by atoms with Gasteiger partial charge in [-0.3, -0.25) is 14.5 Å². The first kappa shape index (κ1) is 16.8. The Morgan fingerprint density at radius 1 is 1.42 bits per heavy atom. The average Bonchev–Trinajstić information content (AvgIpc) is 2.58. The lowest BCUT2D eigenvalue weighted by Crippen LogP contribution is -2.43. The van der Waals surface area contributed by atoms with Crippen molar-refractivity contribution in [2.45, 2.75) is 18.9 Å². The Kier molecular flexibility index (Phi) is 5.06. The molecule has 2 N–H and O–H groups in total. The van der Waals surface area contributed by atoms with Crippen molar-refractivity contribution in [1.29, 1.82) is 0 Å². The van der Waals surface area contributed by atoms with Gasteiger partial charge in [-0.1, -0.05) is 11.6 Å². The largest absolute Gasteiger partial charge is 0.489 e. The standard InChI is InChI=1S/C17H20ClN3O3/c1-19-16(22)10-21-6-3-12(4-7-21)24-15-8-11-2-5-20-17(23)13(11)9-14(15)18/h2,5,8-9,12H,3-4,6-7,10H2,1H3,(H,19,22)(H,20,23). The first-order chi connectivity index (χ1) is 11.6. The minimum Gasteiger partial charge on any atom is -0.489 e. The van der Waals surface area contributed by atoms with Crippen molar-refractivity contribution in [1.82, 2.24) is 15.2 Å². The van der Waals surface area contributed by atoms with Gasteiger partial charge in [-0.15, -0.1) is 0 Å². The number of hydrogen-bond donors (Lipinski definition) is 2. The Labute approximate surface area is 144 Å². The van der Waals surface area contributed by atoms with Gasteiger partial charge in [0.1, 0.15) is 11.9 Å².